The first-order valence-electron chi connectivity index (χ1n) is 9.77. The molecule has 0 unspecified atom stereocenters. The van der Waals surface area contributed by atoms with E-state index in [0.717, 1.165) is 0 Å². The Bertz CT molecular complexity index is 1130. The maximum atomic E-state index is 10.5. The fourth-order valence-electron chi connectivity index (χ4n) is 2.85. The highest BCUT2D eigenvalue weighted by atomic mass is 16.4. The summed E-state index contributed by atoms with van der Waals surface area (Å²) >= 11 is 0. The molecule has 0 fully saturated rings. The first kappa shape index (κ1) is 25.3. The third-order valence-corrected chi connectivity index (χ3v) is 4.43. The van der Waals surface area contributed by atoms with Crippen molar-refractivity contribution in [3.63, 3.8) is 0 Å². The lowest BCUT2D eigenvalue weighted by atomic mass is 10.1. The van der Waals surface area contributed by atoms with Crippen molar-refractivity contribution >= 4 is 34.6 Å². The third kappa shape index (κ3) is 7.03. The molecule has 34 heavy (non-hydrogen) atoms. The lowest BCUT2D eigenvalue weighted by Crippen LogP contribution is -2.06. The van der Waals surface area contributed by atoms with Gasteiger partial charge in [-0.3, -0.25) is 0 Å². The van der Waals surface area contributed by atoms with Crippen molar-refractivity contribution in [2.24, 2.45) is 0 Å². The molecule has 0 spiro atoms. The highest BCUT2D eigenvalue weighted by Gasteiger charge is 2.14. The minimum absolute atomic E-state index is 0.190. The molecule has 4 aromatic carbocycles. The van der Waals surface area contributed by atoms with Crippen LogP contribution >= 0.6 is 0 Å². The predicted molar refractivity (Wildman–Crippen MR) is 125 cm³/mol. The van der Waals surface area contributed by atoms with Gasteiger partial charge in [0.25, 0.3) is 0 Å². The number of hydrogen-bond donors (Lipinski definition) is 4. The van der Waals surface area contributed by atoms with Crippen LogP contribution in [0.5, 0.6) is 0 Å². The molecule has 0 saturated carbocycles. The topological polar surface area (TPSA) is 149 Å². The number of carboxylic acids is 4. The van der Waals surface area contributed by atoms with Crippen LogP contribution in [-0.4, -0.2) is 44.3 Å². The second-order valence-corrected chi connectivity index (χ2v) is 6.66. The smallest absolute Gasteiger partial charge is 0.336 e. The summed E-state index contributed by atoms with van der Waals surface area (Å²) in [6, 6.07) is 27.7. The van der Waals surface area contributed by atoms with Crippen molar-refractivity contribution in [3.8, 4) is 0 Å². The van der Waals surface area contributed by atoms with Crippen molar-refractivity contribution < 1.29 is 39.6 Å². The van der Waals surface area contributed by atoms with Crippen molar-refractivity contribution in [2.75, 3.05) is 0 Å². The van der Waals surface area contributed by atoms with Gasteiger partial charge in [-0.1, -0.05) is 72.8 Å². The average Bonchev–Trinajstić information content (AvgIpc) is 2.84. The molecule has 0 aliphatic carbocycles. The summed E-state index contributed by atoms with van der Waals surface area (Å²) in [5, 5.41) is 36.8. The molecule has 4 N–H and O–H groups in total. The number of carboxylic acid groups (broad SMARTS) is 4. The fourth-order valence-corrected chi connectivity index (χ4v) is 2.85. The van der Waals surface area contributed by atoms with Crippen LogP contribution in [0, 0.1) is 0 Å². The summed E-state index contributed by atoms with van der Waals surface area (Å²) in [5.74, 6) is -4.91. The summed E-state index contributed by atoms with van der Waals surface area (Å²) in [5.41, 5.74) is -0.759. The van der Waals surface area contributed by atoms with Gasteiger partial charge in [-0.05, 0) is 35.0 Å². The monoisotopic (exact) mass is 460 g/mol. The van der Waals surface area contributed by atoms with Gasteiger partial charge in [0.2, 0.25) is 0 Å². The third-order valence-electron chi connectivity index (χ3n) is 4.43. The van der Waals surface area contributed by atoms with Crippen molar-refractivity contribution in [3.05, 3.63) is 119 Å². The SMILES string of the molecule is O=C(O)c1ccccc1C(=O)O.O=C(O)c1ccccc1C(=O)O.c1ccc2ccccc2c1. The van der Waals surface area contributed by atoms with Gasteiger partial charge < -0.3 is 20.4 Å². The fraction of sp³-hybridized carbons (Fsp3) is 0. The molecule has 4 aromatic rings. The van der Waals surface area contributed by atoms with E-state index < -0.39 is 23.9 Å². The van der Waals surface area contributed by atoms with E-state index in [9.17, 15) is 19.2 Å². The summed E-state index contributed by atoms with van der Waals surface area (Å²) in [6.07, 6.45) is 0. The summed E-state index contributed by atoms with van der Waals surface area (Å²) in [7, 11) is 0. The molecule has 0 saturated heterocycles. The molecule has 4 rings (SSSR count). The first-order valence-corrected chi connectivity index (χ1v) is 9.77. The van der Waals surface area contributed by atoms with E-state index in [0.29, 0.717) is 0 Å². The van der Waals surface area contributed by atoms with Gasteiger partial charge in [-0.15, -0.1) is 0 Å². The Morgan fingerprint density at radius 2 is 0.529 bits per heavy atom. The Morgan fingerprint density at radius 1 is 0.353 bits per heavy atom. The molecule has 0 radical (unpaired) electrons. The molecule has 0 aromatic heterocycles. The van der Waals surface area contributed by atoms with Crippen LogP contribution in [0.1, 0.15) is 41.4 Å². The van der Waals surface area contributed by atoms with Crippen LogP contribution in [0.25, 0.3) is 10.8 Å². The van der Waals surface area contributed by atoms with Crippen LogP contribution in [0.2, 0.25) is 0 Å². The lowest BCUT2D eigenvalue weighted by Gasteiger charge is -1.98. The molecule has 8 nitrogen and oxygen atoms in total. The van der Waals surface area contributed by atoms with Gasteiger partial charge in [0.05, 0.1) is 22.3 Å². The second kappa shape index (κ2) is 12.2. The standard InChI is InChI=1S/C10H8.2C8H6O4/c1-2-6-10-8-4-3-7-9(10)5-1;2*9-7(10)5-3-1-2-4-6(5)8(11)12/h1-8H;2*1-4H,(H,9,10)(H,11,12). The van der Waals surface area contributed by atoms with Crippen LogP contribution in [0.4, 0.5) is 0 Å². The van der Waals surface area contributed by atoms with Crippen molar-refractivity contribution in [1.29, 1.82) is 0 Å². The van der Waals surface area contributed by atoms with Crippen LogP contribution in [0.3, 0.4) is 0 Å². The summed E-state index contributed by atoms with van der Waals surface area (Å²) in [4.78, 5) is 41.9. The number of hydrogen-bond acceptors (Lipinski definition) is 4. The second-order valence-electron chi connectivity index (χ2n) is 6.66. The van der Waals surface area contributed by atoms with E-state index in [1.54, 1.807) is 0 Å². The van der Waals surface area contributed by atoms with Gasteiger partial charge >= 0.3 is 23.9 Å². The van der Waals surface area contributed by atoms with Gasteiger partial charge in [0.15, 0.2) is 0 Å². The van der Waals surface area contributed by atoms with Gasteiger partial charge in [-0.2, -0.15) is 0 Å². The Morgan fingerprint density at radius 3 is 0.706 bits per heavy atom. The normalized spacial score (nSPS) is 9.53. The highest BCUT2D eigenvalue weighted by molar-refractivity contribution is 6.02. The lowest BCUT2D eigenvalue weighted by molar-refractivity contribution is 0.0651. The Hall–Kier alpha value is -4.98. The van der Waals surface area contributed by atoms with E-state index in [1.807, 2.05) is 0 Å². The zero-order chi connectivity index (χ0) is 25.1. The average molecular weight is 460 g/mol. The van der Waals surface area contributed by atoms with Crippen molar-refractivity contribution in [1.82, 2.24) is 0 Å². The summed E-state index contributed by atoms with van der Waals surface area (Å²) < 4.78 is 0. The molecule has 0 heterocycles. The van der Waals surface area contributed by atoms with Crippen LogP contribution in [-0.2, 0) is 0 Å². The molecule has 0 aliphatic heterocycles. The molecule has 172 valence electrons. The molecular formula is C26H20O8. The highest BCUT2D eigenvalue weighted by Crippen LogP contribution is 2.11. The van der Waals surface area contributed by atoms with Crippen LogP contribution in [0.15, 0.2) is 97.1 Å². The summed E-state index contributed by atoms with van der Waals surface area (Å²) in [6.45, 7) is 0. The molecule has 0 aliphatic rings. The van der Waals surface area contributed by atoms with Gasteiger partial charge in [-0.25, -0.2) is 19.2 Å². The minimum atomic E-state index is -1.23. The van der Waals surface area contributed by atoms with E-state index in [4.69, 9.17) is 20.4 Å². The molecule has 8 heteroatoms. The zero-order valence-corrected chi connectivity index (χ0v) is 17.7. The zero-order valence-electron chi connectivity index (χ0n) is 17.7. The number of rotatable bonds is 4. The predicted octanol–water partition coefficient (Wildman–Crippen LogP) is 5.01. The first-order chi connectivity index (χ1) is 16.2. The number of fused-ring (bicyclic) bond motifs is 1. The van der Waals surface area contributed by atoms with Gasteiger partial charge in [0, 0.05) is 0 Å². The largest absolute Gasteiger partial charge is 0.478 e. The quantitative estimate of drug-likeness (QED) is 0.332. The Labute approximate surface area is 194 Å². The Kier molecular flexibility index (Phi) is 9.04. The van der Waals surface area contributed by atoms with E-state index in [1.165, 1.54) is 59.3 Å². The maximum absolute atomic E-state index is 10.5. The van der Waals surface area contributed by atoms with E-state index >= 15 is 0 Å². The van der Waals surface area contributed by atoms with Crippen molar-refractivity contribution in [2.45, 2.75) is 0 Å². The molecular weight excluding hydrogens is 440 g/mol. The Balaban J connectivity index is 0.000000181. The molecule has 0 amide bonds. The molecule has 0 atom stereocenters. The van der Waals surface area contributed by atoms with E-state index in [2.05, 4.69) is 48.5 Å². The number of carbonyl (C=O) groups is 4. The van der Waals surface area contributed by atoms with Crippen LogP contribution < -0.4 is 0 Å². The van der Waals surface area contributed by atoms with Gasteiger partial charge in [0.1, 0.15) is 0 Å². The maximum Gasteiger partial charge on any atom is 0.336 e. The van der Waals surface area contributed by atoms with E-state index in [-0.39, 0.29) is 22.3 Å². The number of aromatic carboxylic acids is 4. The minimum Gasteiger partial charge on any atom is -0.478 e. The molecule has 0 bridgehead atoms. The number of benzene rings is 4.